The smallest absolute Gasteiger partial charge is 0.276 e. The molecule has 1 fully saturated rings. The summed E-state index contributed by atoms with van der Waals surface area (Å²) in [6.07, 6.45) is 3.44. The van der Waals surface area contributed by atoms with Crippen LogP contribution in [0.2, 0.25) is 0 Å². The highest BCUT2D eigenvalue weighted by Gasteiger charge is 2.32. The number of benzene rings is 1. The summed E-state index contributed by atoms with van der Waals surface area (Å²) in [7, 11) is 0. The molecule has 1 amide bonds. The number of amides is 1. The van der Waals surface area contributed by atoms with Gasteiger partial charge in [-0.3, -0.25) is 4.79 Å². The predicted octanol–water partition coefficient (Wildman–Crippen LogP) is 3.96. The second kappa shape index (κ2) is 6.51. The van der Waals surface area contributed by atoms with Crippen LogP contribution < -0.4 is 16.0 Å². The monoisotopic (exact) mass is 349 g/mol. The van der Waals surface area contributed by atoms with Crippen LogP contribution in [0.4, 0.5) is 17.1 Å². The van der Waals surface area contributed by atoms with Gasteiger partial charge >= 0.3 is 0 Å². The van der Waals surface area contributed by atoms with Crippen LogP contribution in [-0.2, 0) is 4.79 Å². The molecule has 3 N–H and O–H groups in total. The van der Waals surface area contributed by atoms with Crippen LogP contribution in [0.1, 0.15) is 26.2 Å². The molecule has 1 aromatic carbocycles. The zero-order chi connectivity index (χ0) is 15.6. The quantitative estimate of drug-likeness (QED) is 0.627. The van der Waals surface area contributed by atoms with Gasteiger partial charge in [-0.25, -0.2) is 0 Å². The first kappa shape index (κ1) is 16.5. The van der Waals surface area contributed by atoms with Gasteiger partial charge in [0.25, 0.3) is 9.70 Å². The molecule has 21 heavy (non-hydrogen) atoms. The van der Waals surface area contributed by atoms with Gasteiger partial charge in [-0.15, -0.1) is 0 Å². The fourth-order valence-electron chi connectivity index (χ4n) is 2.55. The average molecular weight is 351 g/mol. The first-order valence-corrected chi connectivity index (χ1v) is 7.97. The molecule has 1 atom stereocenters. The minimum Gasteiger partial charge on any atom is -0.399 e. The highest BCUT2D eigenvalue weighted by atomic mass is 35.6. The Bertz CT molecular complexity index is 531. The van der Waals surface area contributed by atoms with Crippen LogP contribution >= 0.6 is 34.8 Å². The van der Waals surface area contributed by atoms with E-state index in [2.05, 4.69) is 17.1 Å². The zero-order valence-corrected chi connectivity index (χ0v) is 14.0. The van der Waals surface area contributed by atoms with Gasteiger partial charge in [0.05, 0.1) is 11.4 Å². The Balaban J connectivity index is 2.31. The Kier molecular flexibility index (Phi) is 5.12. The van der Waals surface area contributed by atoms with Crippen LogP contribution in [0.15, 0.2) is 18.2 Å². The number of alkyl halides is 3. The summed E-state index contributed by atoms with van der Waals surface area (Å²) >= 11 is 16.8. The molecule has 1 aliphatic rings. The van der Waals surface area contributed by atoms with Crippen LogP contribution in [0.3, 0.4) is 0 Å². The molecule has 0 bridgehead atoms. The lowest BCUT2D eigenvalue weighted by molar-refractivity contribution is -0.115. The van der Waals surface area contributed by atoms with E-state index in [9.17, 15) is 4.79 Å². The van der Waals surface area contributed by atoms with E-state index in [-0.39, 0.29) is 0 Å². The van der Waals surface area contributed by atoms with Crippen molar-refractivity contribution in [3.8, 4) is 0 Å². The first-order valence-electron chi connectivity index (χ1n) is 6.83. The lowest BCUT2D eigenvalue weighted by Crippen LogP contribution is -2.38. The largest absolute Gasteiger partial charge is 0.399 e. The molecule has 0 spiro atoms. The lowest BCUT2D eigenvalue weighted by Gasteiger charge is -2.36. The molecule has 4 nitrogen and oxygen atoms in total. The highest BCUT2D eigenvalue weighted by Crippen LogP contribution is 2.35. The molecule has 1 aromatic rings. The average Bonchev–Trinajstić information content (AvgIpc) is 2.39. The summed E-state index contributed by atoms with van der Waals surface area (Å²) in [5.74, 6) is -0.691. The fraction of sp³-hybridized carbons (Fsp3) is 0.500. The van der Waals surface area contributed by atoms with E-state index in [1.54, 1.807) is 6.07 Å². The number of rotatable bonds is 2. The van der Waals surface area contributed by atoms with Crippen molar-refractivity contribution >= 4 is 57.8 Å². The maximum absolute atomic E-state index is 11.9. The van der Waals surface area contributed by atoms with Gasteiger partial charge in [0.2, 0.25) is 0 Å². The second-order valence-electron chi connectivity index (χ2n) is 5.27. The molecule has 1 aliphatic heterocycles. The van der Waals surface area contributed by atoms with Crippen molar-refractivity contribution in [3.05, 3.63) is 18.2 Å². The second-order valence-corrected chi connectivity index (χ2v) is 7.55. The van der Waals surface area contributed by atoms with Crippen LogP contribution in [0.25, 0.3) is 0 Å². The number of halogens is 3. The SMILES string of the molecule is C[C@H]1CCCCN1c1ccc(N)cc1NC(=O)C(Cl)(Cl)Cl. The molecule has 0 saturated carbocycles. The van der Waals surface area contributed by atoms with Crippen molar-refractivity contribution < 1.29 is 4.79 Å². The molecule has 0 aliphatic carbocycles. The molecule has 1 heterocycles. The van der Waals surface area contributed by atoms with Crippen molar-refractivity contribution in [2.24, 2.45) is 0 Å². The van der Waals surface area contributed by atoms with E-state index in [4.69, 9.17) is 40.5 Å². The third-order valence-electron chi connectivity index (χ3n) is 3.64. The summed E-state index contributed by atoms with van der Waals surface area (Å²) in [6, 6.07) is 5.78. The van der Waals surface area contributed by atoms with Gasteiger partial charge in [-0.2, -0.15) is 0 Å². The molecule has 1 saturated heterocycles. The van der Waals surface area contributed by atoms with E-state index in [1.807, 2.05) is 12.1 Å². The summed E-state index contributed by atoms with van der Waals surface area (Å²) in [6.45, 7) is 3.10. The van der Waals surface area contributed by atoms with E-state index >= 15 is 0 Å². The minimum atomic E-state index is -2.00. The van der Waals surface area contributed by atoms with Gasteiger partial charge in [0, 0.05) is 18.3 Å². The maximum atomic E-state index is 11.9. The zero-order valence-electron chi connectivity index (χ0n) is 11.7. The molecule has 2 rings (SSSR count). The Morgan fingerprint density at radius 3 is 2.71 bits per heavy atom. The molecular formula is C14H18Cl3N3O. The van der Waals surface area contributed by atoms with Crippen molar-refractivity contribution in [2.75, 3.05) is 22.5 Å². The number of carbonyl (C=O) groups excluding carboxylic acids is 1. The van der Waals surface area contributed by atoms with Gasteiger partial charge < -0.3 is 16.0 Å². The summed E-state index contributed by atoms with van der Waals surface area (Å²) in [5.41, 5.74) is 7.82. The normalized spacial score (nSPS) is 19.4. The predicted molar refractivity (Wildman–Crippen MR) is 90.4 cm³/mol. The third kappa shape index (κ3) is 4.09. The summed E-state index contributed by atoms with van der Waals surface area (Å²) in [4.78, 5) is 14.1. The fourth-order valence-corrected chi connectivity index (χ4v) is 2.70. The van der Waals surface area contributed by atoms with E-state index in [1.165, 1.54) is 6.42 Å². The molecule has 0 aromatic heterocycles. The molecular weight excluding hydrogens is 333 g/mol. The number of nitrogens with two attached hydrogens (primary N) is 1. The Labute approximate surface area is 139 Å². The van der Waals surface area contributed by atoms with E-state index in [0.29, 0.717) is 17.4 Å². The molecule has 7 heteroatoms. The minimum absolute atomic E-state index is 0.394. The van der Waals surface area contributed by atoms with Crippen molar-refractivity contribution in [1.29, 1.82) is 0 Å². The first-order chi connectivity index (χ1) is 9.79. The lowest BCUT2D eigenvalue weighted by atomic mass is 10.0. The topological polar surface area (TPSA) is 58.4 Å². The number of hydrogen-bond donors (Lipinski definition) is 2. The number of hydrogen-bond acceptors (Lipinski definition) is 3. The maximum Gasteiger partial charge on any atom is 0.276 e. The molecule has 0 radical (unpaired) electrons. The Morgan fingerprint density at radius 1 is 1.38 bits per heavy atom. The number of nitrogen functional groups attached to an aromatic ring is 1. The standard InChI is InChI=1S/C14H18Cl3N3O/c1-9-4-2-3-7-20(9)12-6-5-10(18)8-11(12)19-13(21)14(15,16)17/h5-6,8-9H,2-4,7,18H2,1H3,(H,19,21)/t9-/m0/s1. The van der Waals surface area contributed by atoms with Gasteiger partial charge in [-0.05, 0) is 44.4 Å². The number of anilines is 3. The van der Waals surface area contributed by atoms with Crippen LogP contribution in [0, 0.1) is 0 Å². The summed E-state index contributed by atoms with van der Waals surface area (Å²) in [5, 5.41) is 2.65. The van der Waals surface area contributed by atoms with Gasteiger partial charge in [0.1, 0.15) is 0 Å². The number of nitrogens with zero attached hydrogens (tertiary/aromatic N) is 1. The van der Waals surface area contributed by atoms with Gasteiger partial charge in [-0.1, -0.05) is 34.8 Å². The van der Waals surface area contributed by atoms with Crippen LogP contribution in [-0.4, -0.2) is 22.3 Å². The van der Waals surface area contributed by atoms with Crippen molar-refractivity contribution in [1.82, 2.24) is 0 Å². The number of nitrogens with one attached hydrogen (secondary N) is 1. The highest BCUT2D eigenvalue weighted by molar-refractivity contribution is 6.76. The number of piperidine rings is 1. The number of carbonyl (C=O) groups is 1. The third-order valence-corrected chi connectivity index (χ3v) is 4.15. The molecule has 116 valence electrons. The van der Waals surface area contributed by atoms with Crippen LogP contribution in [0.5, 0.6) is 0 Å². The summed E-state index contributed by atoms with van der Waals surface area (Å²) < 4.78 is -2.00. The van der Waals surface area contributed by atoms with E-state index in [0.717, 1.165) is 25.1 Å². The molecule has 0 unspecified atom stereocenters. The van der Waals surface area contributed by atoms with Gasteiger partial charge in [0.15, 0.2) is 0 Å². The van der Waals surface area contributed by atoms with E-state index < -0.39 is 9.70 Å². The van der Waals surface area contributed by atoms with Crippen molar-refractivity contribution in [3.63, 3.8) is 0 Å². The Morgan fingerprint density at radius 2 is 2.10 bits per heavy atom. The Hall–Kier alpha value is -0.840. The van der Waals surface area contributed by atoms with Crippen molar-refractivity contribution in [2.45, 2.75) is 36.0 Å².